The number of nitrogens with zero attached hydrogens (tertiary/aromatic N) is 1. The minimum Gasteiger partial charge on any atom is -0.303 e. The lowest BCUT2D eigenvalue weighted by Gasteiger charge is -2.36. The summed E-state index contributed by atoms with van der Waals surface area (Å²) < 4.78 is 0. The fourth-order valence-electron chi connectivity index (χ4n) is 2.17. The third-order valence-corrected chi connectivity index (χ3v) is 4.65. The molecule has 1 saturated heterocycles. The van der Waals surface area contributed by atoms with Gasteiger partial charge in [0.25, 0.3) is 0 Å². The van der Waals surface area contributed by atoms with Crippen LogP contribution in [-0.4, -0.2) is 29.9 Å². The molecule has 3 atom stereocenters. The van der Waals surface area contributed by atoms with Crippen molar-refractivity contribution in [3.8, 4) is 0 Å². The maximum atomic E-state index is 3.60. The van der Waals surface area contributed by atoms with Gasteiger partial charge in [-0.2, -0.15) is 0 Å². The van der Waals surface area contributed by atoms with E-state index in [1.165, 1.54) is 32.5 Å². The van der Waals surface area contributed by atoms with E-state index in [2.05, 4.69) is 41.6 Å². The Kier molecular flexibility index (Phi) is 5.47. The molecular weight excluding hydrogens is 238 g/mol. The normalized spacial score (nSPS) is 31.7. The second kappa shape index (κ2) is 6.12. The lowest BCUT2D eigenvalue weighted by atomic mass is 9.88. The van der Waals surface area contributed by atoms with Crippen LogP contribution in [0.2, 0.25) is 0 Å². The van der Waals surface area contributed by atoms with E-state index in [-0.39, 0.29) is 0 Å². The van der Waals surface area contributed by atoms with E-state index in [9.17, 15) is 0 Å². The van der Waals surface area contributed by atoms with Crippen molar-refractivity contribution in [1.82, 2.24) is 4.90 Å². The number of alkyl halides is 1. The third kappa shape index (κ3) is 3.54. The quantitative estimate of drug-likeness (QED) is 0.702. The second-order valence-corrected chi connectivity index (χ2v) is 5.58. The first kappa shape index (κ1) is 12.5. The van der Waals surface area contributed by atoms with Crippen LogP contribution in [0.15, 0.2) is 0 Å². The van der Waals surface area contributed by atoms with Crippen LogP contribution in [0.25, 0.3) is 0 Å². The standard InChI is InChI=1S/C12H24BrN/c1-4-12(7-13)9-14-6-5-10(2)11(3)8-14/h10-12H,4-9H2,1-3H3. The van der Waals surface area contributed by atoms with Crippen molar-refractivity contribution in [2.75, 3.05) is 25.0 Å². The smallest absolute Gasteiger partial charge is 0.00717 e. The predicted octanol–water partition coefficient (Wildman–Crippen LogP) is 3.39. The molecule has 0 amide bonds. The Morgan fingerprint density at radius 3 is 2.57 bits per heavy atom. The fourth-order valence-corrected chi connectivity index (χ4v) is 2.83. The van der Waals surface area contributed by atoms with Crippen LogP contribution >= 0.6 is 15.9 Å². The second-order valence-electron chi connectivity index (χ2n) is 4.93. The highest BCUT2D eigenvalue weighted by Crippen LogP contribution is 2.23. The van der Waals surface area contributed by atoms with Crippen molar-refractivity contribution >= 4 is 15.9 Å². The lowest BCUT2D eigenvalue weighted by Crippen LogP contribution is -2.41. The minimum atomic E-state index is 0.843. The molecule has 0 aliphatic carbocycles. The Hall–Kier alpha value is 0.440. The summed E-state index contributed by atoms with van der Waals surface area (Å²) >= 11 is 3.60. The summed E-state index contributed by atoms with van der Waals surface area (Å²) in [6, 6.07) is 0. The molecule has 3 unspecified atom stereocenters. The maximum absolute atomic E-state index is 3.60. The lowest BCUT2D eigenvalue weighted by molar-refractivity contribution is 0.123. The number of hydrogen-bond acceptors (Lipinski definition) is 1. The molecule has 0 aromatic rings. The van der Waals surface area contributed by atoms with E-state index in [0.29, 0.717) is 0 Å². The first-order valence-electron chi connectivity index (χ1n) is 5.95. The van der Waals surface area contributed by atoms with Crippen LogP contribution in [0.1, 0.15) is 33.6 Å². The van der Waals surface area contributed by atoms with Crippen molar-refractivity contribution in [2.45, 2.75) is 33.6 Å². The van der Waals surface area contributed by atoms with Crippen LogP contribution in [-0.2, 0) is 0 Å². The highest BCUT2D eigenvalue weighted by Gasteiger charge is 2.23. The van der Waals surface area contributed by atoms with Crippen molar-refractivity contribution in [3.05, 3.63) is 0 Å². The number of piperidine rings is 1. The van der Waals surface area contributed by atoms with Gasteiger partial charge in [0.05, 0.1) is 0 Å². The van der Waals surface area contributed by atoms with Crippen molar-refractivity contribution < 1.29 is 0 Å². The molecule has 1 fully saturated rings. The average molecular weight is 262 g/mol. The van der Waals surface area contributed by atoms with Crippen LogP contribution < -0.4 is 0 Å². The summed E-state index contributed by atoms with van der Waals surface area (Å²) in [7, 11) is 0. The molecule has 1 aliphatic heterocycles. The number of halogens is 1. The highest BCUT2D eigenvalue weighted by atomic mass is 79.9. The summed E-state index contributed by atoms with van der Waals surface area (Å²) in [6.07, 6.45) is 2.69. The van der Waals surface area contributed by atoms with E-state index in [1.54, 1.807) is 0 Å². The summed E-state index contributed by atoms with van der Waals surface area (Å²) in [5.41, 5.74) is 0. The van der Waals surface area contributed by atoms with Gasteiger partial charge in [-0.3, -0.25) is 0 Å². The summed E-state index contributed by atoms with van der Waals surface area (Å²) in [4.78, 5) is 2.65. The van der Waals surface area contributed by atoms with Crippen molar-refractivity contribution in [2.24, 2.45) is 17.8 Å². The first-order chi connectivity index (χ1) is 6.67. The summed E-state index contributed by atoms with van der Waals surface area (Å²) in [5, 5.41) is 1.16. The van der Waals surface area contributed by atoms with Gasteiger partial charge in [-0.05, 0) is 30.7 Å². The molecule has 0 aromatic heterocycles. The third-order valence-electron chi connectivity index (χ3n) is 3.73. The van der Waals surface area contributed by atoms with Crippen LogP contribution in [0.3, 0.4) is 0 Å². The van der Waals surface area contributed by atoms with Crippen LogP contribution in [0.4, 0.5) is 0 Å². The SMILES string of the molecule is CCC(CBr)CN1CCC(C)C(C)C1. The van der Waals surface area contributed by atoms with Gasteiger partial charge in [-0.25, -0.2) is 0 Å². The van der Waals surface area contributed by atoms with Gasteiger partial charge in [0.2, 0.25) is 0 Å². The maximum Gasteiger partial charge on any atom is 0.00717 e. The van der Waals surface area contributed by atoms with Gasteiger partial charge < -0.3 is 4.90 Å². The van der Waals surface area contributed by atoms with Crippen molar-refractivity contribution in [1.29, 1.82) is 0 Å². The molecule has 0 saturated carbocycles. The van der Waals surface area contributed by atoms with Crippen molar-refractivity contribution in [3.63, 3.8) is 0 Å². The van der Waals surface area contributed by atoms with Gasteiger partial charge in [0.1, 0.15) is 0 Å². The molecule has 1 aliphatic rings. The van der Waals surface area contributed by atoms with Crippen LogP contribution in [0, 0.1) is 17.8 Å². The van der Waals surface area contributed by atoms with E-state index in [4.69, 9.17) is 0 Å². The van der Waals surface area contributed by atoms with Gasteiger partial charge in [0, 0.05) is 18.4 Å². The predicted molar refractivity (Wildman–Crippen MR) is 67.0 cm³/mol. The zero-order valence-corrected chi connectivity index (χ0v) is 11.4. The average Bonchev–Trinajstić information content (AvgIpc) is 2.19. The number of rotatable bonds is 4. The summed E-state index contributed by atoms with van der Waals surface area (Å²) in [5.74, 6) is 2.66. The first-order valence-corrected chi connectivity index (χ1v) is 7.07. The molecule has 84 valence electrons. The topological polar surface area (TPSA) is 3.24 Å². The molecule has 14 heavy (non-hydrogen) atoms. The van der Waals surface area contributed by atoms with E-state index in [1.807, 2.05) is 0 Å². The van der Waals surface area contributed by atoms with E-state index >= 15 is 0 Å². The summed E-state index contributed by atoms with van der Waals surface area (Å²) in [6.45, 7) is 11.0. The van der Waals surface area contributed by atoms with Crippen LogP contribution in [0.5, 0.6) is 0 Å². The van der Waals surface area contributed by atoms with Gasteiger partial charge >= 0.3 is 0 Å². The minimum absolute atomic E-state index is 0.843. The van der Waals surface area contributed by atoms with E-state index in [0.717, 1.165) is 23.1 Å². The largest absolute Gasteiger partial charge is 0.303 e. The number of likely N-dealkylation sites (tertiary alicyclic amines) is 1. The molecule has 1 heterocycles. The fraction of sp³-hybridized carbons (Fsp3) is 1.00. The highest BCUT2D eigenvalue weighted by molar-refractivity contribution is 9.09. The van der Waals surface area contributed by atoms with Gasteiger partial charge in [-0.15, -0.1) is 0 Å². The monoisotopic (exact) mass is 261 g/mol. The Labute approximate surface area is 97.4 Å². The Balaban J connectivity index is 2.32. The zero-order chi connectivity index (χ0) is 10.6. The molecule has 0 aromatic carbocycles. The molecule has 2 heteroatoms. The molecule has 1 rings (SSSR count). The molecule has 0 bridgehead atoms. The zero-order valence-electron chi connectivity index (χ0n) is 9.80. The molecule has 0 spiro atoms. The Bertz CT molecular complexity index is 156. The molecule has 1 nitrogen and oxygen atoms in total. The molecule has 0 radical (unpaired) electrons. The van der Waals surface area contributed by atoms with Gasteiger partial charge in [0.15, 0.2) is 0 Å². The molecule has 0 N–H and O–H groups in total. The number of hydrogen-bond donors (Lipinski definition) is 0. The Morgan fingerprint density at radius 1 is 1.36 bits per heavy atom. The van der Waals surface area contributed by atoms with Gasteiger partial charge in [-0.1, -0.05) is 43.1 Å². The molecular formula is C12H24BrN. The Morgan fingerprint density at radius 2 is 2.07 bits per heavy atom. The van der Waals surface area contributed by atoms with E-state index < -0.39 is 0 Å².